The molecule has 40 heavy (non-hydrogen) atoms. The van der Waals surface area contributed by atoms with Gasteiger partial charge in [-0.1, -0.05) is 30.7 Å². The molecule has 2 aromatic heterocycles. The Morgan fingerprint density at radius 3 is 2.55 bits per heavy atom. The number of likely N-dealkylation sites (N-methyl/N-ethyl adjacent to an activating group) is 1. The molecule has 0 radical (unpaired) electrons. The number of benzene rings is 2. The van der Waals surface area contributed by atoms with E-state index in [1.54, 1.807) is 6.20 Å². The normalized spacial score (nSPS) is 11.2. The third-order valence-electron chi connectivity index (χ3n) is 5.94. The zero-order chi connectivity index (χ0) is 28.5. The number of pyridine rings is 2. The Labute approximate surface area is 240 Å². The van der Waals surface area contributed by atoms with Crippen molar-refractivity contribution in [1.29, 1.82) is 0 Å². The molecule has 0 spiro atoms. The first-order valence-electron chi connectivity index (χ1n) is 13.2. The molecule has 0 bridgehead atoms. The van der Waals surface area contributed by atoms with Crippen LogP contribution in [0.3, 0.4) is 0 Å². The van der Waals surface area contributed by atoms with Gasteiger partial charge in [0.05, 0.1) is 28.5 Å². The number of halogens is 1. The lowest BCUT2D eigenvalue weighted by atomic mass is 10.1. The molecule has 0 saturated heterocycles. The quantitative estimate of drug-likeness (QED) is 0.188. The number of carbonyl (C=O) groups is 1. The molecule has 4 rings (SSSR count). The average molecular weight is 560 g/mol. The van der Waals surface area contributed by atoms with Gasteiger partial charge < -0.3 is 25.0 Å². The summed E-state index contributed by atoms with van der Waals surface area (Å²) in [6.45, 7) is 5.40. The summed E-state index contributed by atoms with van der Waals surface area (Å²) >= 11 is 6.57. The Balaban J connectivity index is 1.63. The highest BCUT2D eigenvalue weighted by molar-refractivity contribution is 6.32. The van der Waals surface area contributed by atoms with Crippen LogP contribution in [0.1, 0.15) is 25.2 Å². The molecular weight excluding hydrogens is 526 g/mol. The van der Waals surface area contributed by atoms with E-state index in [4.69, 9.17) is 26.1 Å². The minimum Gasteiger partial charge on any atom is -0.492 e. The fourth-order valence-electron chi connectivity index (χ4n) is 4.00. The zero-order valence-electron chi connectivity index (χ0n) is 23.2. The molecule has 0 atom stereocenters. The molecule has 0 unspecified atom stereocenters. The summed E-state index contributed by atoms with van der Waals surface area (Å²) in [5.74, 6) is 0.900. The van der Waals surface area contributed by atoms with Crippen LogP contribution in [0.4, 0.5) is 17.1 Å². The Kier molecular flexibility index (Phi) is 9.94. The van der Waals surface area contributed by atoms with Gasteiger partial charge in [0.15, 0.2) is 0 Å². The van der Waals surface area contributed by atoms with Crippen LogP contribution in [0.15, 0.2) is 72.9 Å². The maximum atomic E-state index is 12.6. The second-order valence-corrected chi connectivity index (χ2v) is 9.75. The van der Waals surface area contributed by atoms with E-state index in [0.29, 0.717) is 42.0 Å². The zero-order valence-corrected chi connectivity index (χ0v) is 24.0. The number of carbonyl (C=O) groups excluding carboxylic acids is 1. The van der Waals surface area contributed by atoms with Crippen LogP contribution in [0.5, 0.6) is 11.5 Å². The number of anilines is 3. The van der Waals surface area contributed by atoms with E-state index in [1.165, 1.54) is 6.08 Å². The van der Waals surface area contributed by atoms with Crippen molar-refractivity contribution in [3.05, 3.63) is 89.4 Å². The van der Waals surface area contributed by atoms with Crippen molar-refractivity contribution < 1.29 is 14.3 Å². The van der Waals surface area contributed by atoms with Crippen LogP contribution >= 0.6 is 11.6 Å². The molecule has 2 N–H and O–H groups in total. The molecule has 0 aliphatic carbocycles. The van der Waals surface area contributed by atoms with Crippen LogP contribution in [-0.2, 0) is 17.8 Å². The molecule has 0 fully saturated rings. The summed E-state index contributed by atoms with van der Waals surface area (Å²) in [4.78, 5) is 23.7. The molecule has 9 heteroatoms. The van der Waals surface area contributed by atoms with Gasteiger partial charge in [0.25, 0.3) is 0 Å². The standard InChI is InChI=1S/C31H34ClN5O3/c1-5-21-17-26(35-22-12-13-29(25(32)16-22)40-20-23-10-7-8-14-33-23)24-18-28(30(39-6-2)19-27(24)34-21)36-31(38)11-9-15-37(3)4/h7-14,16-19H,5-6,15,20H2,1-4H3,(H,34,35)(H,36,38)/b11-9+. The van der Waals surface area contributed by atoms with Crippen molar-refractivity contribution >= 4 is 45.5 Å². The van der Waals surface area contributed by atoms with Crippen LogP contribution in [-0.4, -0.2) is 48.0 Å². The molecular formula is C31H34ClN5O3. The van der Waals surface area contributed by atoms with Crippen LogP contribution in [0.25, 0.3) is 10.9 Å². The lowest BCUT2D eigenvalue weighted by Crippen LogP contribution is -2.13. The molecule has 8 nitrogen and oxygen atoms in total. The highest BCUT2D eigenvalue weighted by atomic mass is 35.5. The highest BCUT2D eigenvalue weighted by Gasteiger charge is 2.14. The first kappa shape index (κ1) is 28.9. The molecule has 1 amide bonds. The predicted molar refractivity (Wildman–Crippen MR) is 162 cm³/mol. The monoisotopic (exact) mass is 559 g/mol. The largest absolute Gasteiger partial charge is 0.492 e. The molecule has 208 valence electrons. The van der Waals surface area contributed by atoms with Gasteiger partial charge in [0.1, 0.15) is 18.1 Å². The third kappa shape index (κ3) is 7.71. The number of hydrogen-bond acceptors (Lipinski definition) is 7. The molecule has 2 heterocycles. The fraction of sp³-hybridized carbons (Fsp3) is 0.258. The summed E-state index contributed by atoms with van der Waals surface area (Å²) < 4.78 is 11.7. The van der Waals surface area contributed by atoms with Crippen molar-refractivity contribution in [2.45, 2.75) is 26.9 Å². The number of rotatable bonds is 12. The van der Waals surface area contributed by atoms with E-state index < -0.39 is 0 Å². The average Bonchev–Trinajstić information content (AvgIpc) is 2.93. The van der Waals surface area contributed by atoms with Gasteiger partial charge in [-0.25, -0.2) is 0 Å². The van der Waals surface area contributed by atoms with Gasteiger partial charge in [-0.2, -0.15) is 0 Å². The van der Waals surface area contributed by atoms with E-state index in [-0.39, 0.29) is 5.91 Å². The first-order chi connectivity index (χ1) is 19.4. The van der Waals surface area contributed by atoms with Gasteiger partial charge in [-0.3, -0.25) is 14.8 Å². The molecule has 0 aliphatic heterocycles. The smallest absolute Gasteiger partial charge is 0.248 e. The number of hydrogen-bond donors (Lipinski definition) is 2. The maximum absolute atomic E-state index is 12.6. The van der Waals surface area contributed by atoms with Gasteiger partial charge in [0, 0.05) is 47.3 Å². The second-order valence-electron chi connectivity index (χ2n) is 9.35. The van der Waals surface area contributed by atoms with Crippen molar-refractivity contribution in [2.24, 2.45) is 0 Å². The van der Waals surface area contributed by atoms with Crippen LogP contribution < -0.4 is 20.1 Å². The summed E-state index contributed by atoms with van der Waals surface area (Å²) in [6.07, 6.45) is 5.82. The predicted octanol–water partition coefficient (Wildman–Crippen LogP) is 6.62. The summed E-state index contributed by atoms with van der Waals surface area (Å²) in [7, 11) is 3.89. The SMILES string of the molecule is CCOc1cc2nc(CC)cc(Nc3ccc(OCc4ccccn4)c(Cl)c3)c2cc1NC(=O)/C=C/CN(C)C. The molecule has 0 saturated carbocycles. The summed E-state index contributed by atoms with van der Waals surface area (Å²) in [5.41, 5.74) is 4.69. The molecule has 4 aromatic rings. The second kappa shape index (κ2) is 13.8. The van der Waals surface area contributed by atoms with Crippen molar-refractivity contribution in [3.8, 4) is 11.5 Å². The Hall–Kier alpha value is -4.14. The Morgan fingerprint density at radius 1 is 1.00 bits per heavy atom. The van der Waals surface area contributed by atoms with E-state index in [9.17, 15) is 4.79 Å². The van der Waals surface area contributed by atoms with E-state index in [1.807, 2.05) is 86.6 Å². The number of nitrogens with zero attached hydrogens (tertiary/aromatic N) is 3. The van der Waals surface area contributed by atoms with Crippen molar-refractivity contribution in [2.75, 3.05) is 37.9 Å². The number of ether oxygens (including phenoxy) is 2. The molecule has 2 aromatic carbocycles. The third-order valence-corrected chi connectivity index (χ3v) is 6.23. The molecule has 0 aliphatic rings. The van der Waals surface area contributed by atoms with E-state index in [2.05, 4.69) is 22.5 Å². The van der Waals surface area contributed by atoms with Gasteiger partial charge >= 0.3 is 0 Å². The Bertz CT molecular complexity index is 1490. The Morgan fingerprint density at radius 2 is 1.85 bits per heavy atom. The van der Waals surface area contributed by atoms with Crippen molar-refractivity contribution in [1.82, 2.24) is 14.9 Å². The van der Waals surface area contributed by atoms with Crippen molar-refractivity contribution in [3.63, 3.8) is 0 Å². The van der Waals surface area contributed by atoms with Crippen LogP contribution in [0, 0.1) is 0 Å². The number of aryl methyl sites for hydroxylation is 1. The van der Waals surface area contributed by atoms with Crippen LogP contribution in [0.2, 0.25) is 5.02 Å². The van der Waals surface area contributed by atoms with Gasteiger partial charge in [0.2, 0.25) is 5.91 Å². The van der Waals surface area contributed by atoms with Gasteiger partial charge in [-0.15, -0.1) is 0 Å². The fourth-order valence-corrected chi connectivity index (χ4v) is 4.23. The topological polar surface area (TPSA) is 88.6 Å². The first-order valence-corrected chi connectivity index (χ1v) is 13.6. The number of nitrogens with one attached hydrogen (secondary N) is 2. The minimum atomic E-state index is -0.233. The summed E-state index contributed by atoms with van der Waals surface area (Å²) in [6, 6.07) is 17.0. The number of amides is 1. The maximum Gasteiger partial charge on any atom is 0.248 e. The minimum absolute atomic E-state index is 0.233. The lowest BCUT2D eigenvalue weighted by Gasteiger charge is -2.17. The number of fused-ring (bicyclic) bond motifs is 1. The lowest BCUT2D eigenvalue weighted by molar-refractivity contribution is -0.111. The number of aromatic nitrogens is 2. The van der Waals surface area contributed by atoms with E-state index >= 15 is 0 Å². The van der Waals surface area contributed by atoms with E-state index in [0.717, 1.165) is 40.1 Å². The highest BCUT2D eigenvalue weighted by Crippen LogP contribution is 2.36. The van der Waals surface area contributed by atoms with Gasteiger partial charge in [-0.05, 0) is 69.9 Å². The summed E-state index contributed by atoms with van der Waals surface area (Å²) in [5, 5.41) is 7.75.